The minimum absolute atomic E-state index is 0.139. The molecule has 3 aromatic rings. The molecule has 0 saturated carbocycles. The van der Waals surface area contributed by atoms with Crippen LogP contribution in [-0.4, -0.2) is 31.0 Å². The summed E-state index contributed by atoms with van der Waals surface area (Å²) < 4.78 is 10.5. The van der Waals surface area contributed by atoms with E-state index < -0.39 is 23.7 Å². The minimum Gasteiger partial charge on any atom is -0.493 e. The number of Topliss-reactive ketones (excluding diaryl/α,β-unsaturated/α-hetero) is 1. The first kappa shape index (κ1) is 23.1. The van der Waals surface area contributed by atoms with E-state index in [1.54, 1.807) is 42.5 Å². The van der Waals surface area contributed by atoms with Crippen LogP contribution in [0.4, 0.5) is 5.69 Å². The summed E-state index contributed by atoms with van der Waals surface area (Å²) >= 11 is 12.5. The van der Waals surface area contributed by atoms with Crippen molar-refractivity contribution < 1.29 is 24.2 Å². The van der Waals surface area contributed by atoms with E-state index >= 15 is 0 Å². The van der Waals surface area contributed by atoms with E-state index in [-0.39, 0.29) is 17.7 Å². The second kappa shape index (κ2) is 9.06. The van der Waals surface area contributed by atoms with E-state index in [2.05, 4.69) is 0 Å². The summed E-state index contributed by atoms with van der Waals surface area (Å²) in [5.41, 5.74) is -0.329. The maximum atomic E-state index is 13.5. The third-order valence-corrected chi connectivity index (χ3v) is 6.31. The lowest BCUT2D eigenvalue weighted by atomic mass is 9.88. The standard InChI is InChI=1S/C25H21Cl2NO5/c1-32-22-10-7-15(11-23(22)33-2)21(29)13-25(31)18-12-17(26)8-9-20(18)28(24(25)30)14-16-5-3-4-6-19(16)27/h3-12,31H,13-14H2,1-2H3/t25-/m1/s1. The number of nitrogens with zero attached hydrogens (tertiary/aromatic N) is 1. The highest BCUT2D eigenvalue weighted by Gasteiger charge is 2.51. The molecule has 8 heteroatoms. The zero-order valence-corrected chi connectivity index (χ0v) is 19.5. The maximum absolute atomic E-state index is 13.5. The number of halogens is 2. The topological polar surface area (TPSA) is 76.1 Å². The van der Waals surface area contributed by atoms with Gasteiger partial charge in [0.15, 0.2) is 22.9 Å². The third-order valence-electron chi connectivity index (χ3n) is 5.70. The molecule has 1 N–H and O–H groups in total. The molecule has 4 rings (SSSR count). The summed E-state index contributed by atoms with van der Waals surface area (Å²) in [4.78, 5) is 28.1. The molecule has 1 atom stereocenters. The summed E-state index contributed by atoms with van der Waals surface area (Å²) in [6.07, 6.45) is -0.465. The van der Waals surface area contributed by atoms with Gasteiger partial charge in [-0.25, -0.2) is 0 Å². The van der Waals surface area contributed by atoms with Crippen LogP contribution in [0.25, 0.3) is 0 Å². The van der Waals surface area contributed by atoms with Crippen molar-refractivity contribution >= 4 is 40.6 Å². The number of carbonyl (C=O) groups is 2. The Bertz CT molecular complexity index is 1250. The number of rotatable bonds is 7. The second-order valence-electron chi connectivity index (χ2n) is 7.67. The molecule has 0 saturated heterocycles. The highest BCUT2D eigenvalue weighted by molar-refractivity contribution is 6.31. The smallest absolute Gasteiger partial charge is 0.264 e. The number of anilines is 1. The van der Waals surface area contributed by atoms with Gasteiger partial charge in [0.25, 0.3) is 5.91 Å². The fourth-order valence-electron chi connectivity index (χ4n) is 3.99. The van der Waals surface area contributed by atoms with Crippen LogP contribution in [-0.2, 0) is 16.9 Å². The molecule has 3 aromatic carbocycles. The Morgan fingerprint density at radius 2 is 1.73 bits per heavy atom. The first-order chi connectivity index (χ1) is 15.8. The van der Waals surface area contributed by atoms with Crippen LogP contribution in [0.3, 0.4) is 0 Å². The highest BCUT2D eigenvalue weighted by Crippen LogP contribution is 2.45. The first-order valence-electron chi connectivity index (χ1n) is 10.1. The normalized spacial score (nSPS) is 17.1. The van der Waals surface area contributed by atoms with Crippen LogP contribution in [0.2, 0.25) is 10.0 Å². The van der Waals surface area contributed by atoms with E-state index in [0.717, 1.165) is 0 Å². The largest absolute Gasteiger partial charge is 0.493 e. The van der Waals surface area contributed by atoms with Gasteiger partial charge in [0.2, 0.25) is 0 Å². The van der Waals surface area contributed by atoms with Crippen molar-refractivity contribution in [3.63, 3.8) is 0 Å². The maximum Gasteiger partial charge on any atom is 0.264 e. The predicted octanol–water partition coefficient (Wildman–Crippen LogP) is 5.02. The van der Waals surface area contributed by atoms with Crippen molar-refractivity contribution in [3.8, 4) is 11.5 Å². The summed E-state index contributed by atoms with van der Waals surface area (Å²) in [5.74, 6) is -0.213. The molecule has 0 aliphatic carbocycles. The first-order valence-corrected chi connectivity index (χ1v) is 10.9. The van der Waals surface area contributed by atoms with Crippen LogP contribution in [0, 0.1) is 0 Å². The van der Waals surface area contributed by atoms with Crippen molar-refractivity contribution in [1.82, 2.24) is 0 Å². The van der Waals surface area contributed by atoms with E-state index in [9.17, 15) is 14.7 Å². The minimum atomic E-state index is -2.08. The van der Waals surface area contributed by atoms with Crippen molar-refractivity contribution in [2.45, 2.75) is 18.6 Å². The summed E-state index contributed by atoms with van der Waals surface area (Å²) in [6.45, 7) is 0.139. The van der Waals surface area contributed by atoms with Crippen LogP contribution in [0.1, 0.15) is 27.9 Å². The molecule has 1 amide bonds. The number of hydrogen-bond acceptors (Lipinski definition) is 5. The molecular formula is C25H21Cl2NO5. The molecule has 1 heterocycles. The number of amides is 1. The van der Waals surface area contributed by atoms with Crippen molar-refractivity contribution in [3.05, 3.63) is 87.4 Å². The third kappa shape index (κ3) is 4.17. The molecule has 1 aliphatic rings. The molecule has 170 valence electrons. The lowest BCUT2D eigenvalue weighted by Gasteiger charge is -2.23. The predicted molar refractivity (Wildman–Crippen MR) is 126 cm³/mol. The molecule has 6 nitrogen and oxygen atoms in total. The summed E-state index contributed by atoms with van der Waals surface area (Å²) in [7, 11) is 2.96. The number of ketones is 1. The van der Waals surface area contributed by atoms with Crippen molar-refractivity contribution in [1.29, 1.82) is 0 Å². The van der Waals surface area contributed by atoms with Crippen molar-refractivity contribution in [2.24, 2.45) is 0 Å². The monoisotopic (exact) mass is 485 g/mol. The molecule has 33 heavy (non-hydrogen) atoms. The number of hydrogen-bond donors (Lipinski definition) is 1. The number of fused-ring (bicyclic) bond motifs is 1. The van der Waals surface area contributed by atoms with Gasteiger partial charge < -0.3 is 19.5 Å². The molecule has 1 aliphatic heterocycles. The Morgan fingerprint density at radius 3 is 2.42 bits per heavy atom. The van der Waals surface area contributed by atoms with Gasteiger partial charge in [-0.1, -0.05) is 41.4 Å². The Morgan fingerprint density at radius 1 is 1.00 bits per heavy atom. The molecule has 0 unspecified atom stereocenters. The Labute approximate surface area is 201 Å². The number of methoxy groups -OCH3 is 2. The molecule has 0 bridgehead atoms. The Kier molecular flexibility index (Phi) is 6.34. The summed E-state index contributed by atoms with van der Waals surface area (Å²) in [6, 6.07) is 16.6. The van der Waals surface area contributed by atoms with Gasteiger partial charge in [0, 0.05) is 21.2 Å². The zero-order valence-electron chi connectivity index (χ0n) is 18.0. The van der Waals surface area contributed by atoms with Crippen LogP contribution >= 0.6 is 23.2 Å². The van der Waals surface area contributed by atoms with Gasteiger partial charge in [-0.3, -0.25) is 9.59 Å². The highest BCUT2D eigenvalue weighted by atomic mass is 35.5. The fraction of sp³-hybridized carbons (Fsp3) is 0.200. The Hall–Kier alpha value is -3.06. The van der Waals surface area contributed by atoms with Gasteiger partial charge >= 0.3 is 0 Å². The van der Waals surface area contributed by atoms with Crippen LogP contribution in [0.5, 0.6) is 11.5 Å². The molecule has 0 fully saturated rings. The van der Waals surface area contributed by atoms with Crippen LogP contribution in [0.15, 0.2) is 60.7 Å². The van der Waals surface area contributed by atoms with E-state index in [1.165, 1.54) is 31.3 Å². The van der Waals surface area contributed by atoms with Crippen molar-refractivity contribution in [2.75, 3.05) is 19.1 Å². The number of carbonyl (C=O) groups excluding carboxylic acids is 2. The number of benzene rings is 3. The lowest BCUT2D eigenvalue weighted by Crippen LogP contribution is -2.41. The zero-order chi connectivity index (χ0) is 23.8. The average molecular weight is 486 g/mol. The molecule has 0 aromatic heterocycles. The van der Waals surface area contributed by atoms with Gasteiger partial charge in [0.1, 0.15) is 0 Å². The SMILES string of the molecule is COc1ccc(C(=O)C[C@]2(O)C(=O)N(Cc3ccccc3Cl)c3ccc(Cl)cc32)cc1OC. The Balaban J connectivity index is 1.70. The average Bonchev–Trinajstić information content (AvgIpc) is 3.01. The number of ether oxygens (including phenoxy) is 2. The second-order valence-corrected chi connectivity index (χ2v) is 8.52. The lowest BCUT2D eigenvalue weighted by molar-refractivity contribution is -0.136. The van der Waals surface area contributed by atoms with E-state index in [4.69, 9.17) is 32.7 Å². The van der Waals surface area contributed by atoms with Gasteiger partial charge in [0.05, 0.1) is 32.9 Å². The van der Waals surface area contributed by atoms with E-state index in [0.29, 0.717) is 32.8 Å². The molecular weight excluding hydrogens is 465 g/mol. The quantitative estimate of drug-likeness (QED) is 0.475. The fourth-order valence-corrected chi connectivity index (χ4v) is 4.36. The van der Waals surface area contributed by atoms with Crippen LogP contribution < -0.4 is 14.4 Å². The van der Waals surface area contributed by atoms with Gasteiger partial charge in [-0.05, 0) is 48.0 Å². The number of aliphatic hydroxyl groups is 1. The van der Waals surface area contributed by atoms with E-state index in [1.807, 2.05) is 6.07 Å². The van der Waals surface area contributed by atoms with Gasteiger partial charge in [-0.15, -0.1) is 0 Å². The molecule has 0 radical (unpaired) electrons. The summed E-state index contributed by atoms with van der Waals surface area (Å²) in [5, 5.41) is 12.4. The molecule has 0 spiro atoms. The van der Waals surface area contributed by atoms with Gasteiger partial charge in [-0.2, -0.15) is 0 Å².